The standard InChI is InChI=1S/C22H24N4O3/c1-5-8-20-23-21-16-11-18(28-3)19(29-4)12-17(16)25(22(27)26(21)24-20)13-15-10-7-6-9-14(15)2/h6-7,9-12H,5,8,13H2,1-4H3/p+1. The molecule has 0 aliphatic rings. The number of aryl methyl sites for hydroxylation is 2. The second-order valence-electron chi connectivity index (χ2n) is 7.10. The fourth-order valence-corrected chi connectivity index (χ4v) is 3.66. The molecule has 0 saturated carbocycles. The fourth-order valence-electron chi connectivity index (χ4n) is 3.66. The van der Waals surface area contributed by atoms with Gasteiger partial charge in [-0.25, -0.2) is 9.78 Å². The van der Waals surface area contributed by atoms with Gasteiger partial charge in [-0.15, -0.1) is 0 Å². The average Bonchev–Trinajstić information content (AvgIpc) is 3.16. The minimum atomic E-state index is -0.193. The van der Waals surface area contributed by atoms with Crippen LogP contribution in [0.3, 0.4) is 0 Å². The summed E-state index contributed by atoms with van der Waals surface area (Å²) in [6.45, 7) is 4.57. The largest absolute Gasteiger partial charge is 0.493 e. The summed E-state index contributed by atoms with van der Waals surface area (Å²) >= 11 is 0. The molecule has 2 aromatic heterocycles. The molecule has 150 valence electrons. The van der Waals surface area contributed by atoms with Crippen LogP contribution in [0.4, 0.5) is 0 Å². The highest BCUT2D eigenvalue weighted by Gasteiger charge is 2.23. The Labute approximate surface area is 168 Å². The smallest absolute Gasteiger partial charge is 0.423 e. The quantitative estimate of drug-likeness (QED) is 0.505. The number of hydrogen-bond donors (Lipinski definition) is 0. The molecule has 0 fully saturated rings. The Hall–Kier alpha value is -3.35. The SMILES string of the molecule is CCCc1nn2c(=O)n(Cc3ccccc3C)c3cc(OC)c(OC)cc3c2[nH+]1. The van der Waals surface area contributed by atoms with Crippen molar-refractivity contribution in [3.8, 4) is 11.5 Å². The molecule has 0 aliphatic carbocycles. The first-order valence-electron chi connectivity index (χ1n) is 9.71. The van der Waals surface area contributed by atoms with Crippen molar-refractivity contribution in [3.63, 3.8) is 0 Å². The molecule has 0 bridgehead atoms. The Bertz CT molecular complexity index is 1260. The molecule has 2 heterocycles. The van der Waals surface area contributed by atoms with Gasteiger partial charge in [-0.3, -0.25) is 4.57 Å². The predicted octanol–water partition coefficient (Wildman–Crippen LogP) is 2.79. The molecule has 7 heteroatoms. The molecule has 0 radical (unpaired) electrons. The molecule has 7 nitrogen and oxygen atoms in total. The highest BCUT2D eigenvalue weighted by atomic mass is 16.5. The van der Waals surface area contributed by atoms with E-state index in [4.69, 9.17) is 9.47 Å². The molecule has 0 aliphatic heterocycles. The van der Waals surface area contributed by atoms with Crippen molar-refractivity contribution in [2.24, 2.45) is 0 Å². The van der Waals surface area contributed by atoms with Crippen molar-refractivity contribution in [3.05, 3.63) is 63.8 Å². The second kappa shape index (κ2) is 7.58. The Morgan fingerprint density at radius 1 is 1.10 bits per heavy atom. The van der Waals surface area contributed by atoms with Gasteiger partial charge < -0.3 is 9.47 Å². The van der Waals surface area contributed by atoms with Gasteiger partial charge in [-0.2, -0.15) is 0 Å². The lowest BCUT2D eigenvalue weighted by Crippen LogP contribution is -2.29. The Kier molecular flexibility index (Phi) is 4.96. The zero-order valence-corrected chi connectivity index (χ0v) is 17.2. The van der Waals surface area contributed by atoms with E-state index in [0.717, 1.165) is 40.7 Å². The van der Waals surface area contributed by atoms with Gasteiger partial charge in [0.15, 0.2) is 11.5 Å². The summed E-state index contributed by atoms with van der Waals surface area (Å²) < 4.78 is 14.2. The number of benzene rings is 2. The van der Waals surface area contributed by atoms with Gasteiger partial charge in [0, 0.05) is 18.6 Å². The maximum Gasteiger partial charge on any atom is 0.423 e. The average molecular weight is 393 g/mol. The third-order valence-electron chi connectivity index (χ3n) is 5.23. The normalized spacial score (nSPS) is 11.3. The van der Waals surface area contributed by atoms with Gasteiger partial charge in [0.2, 0.25) is 0 Å². The molecule has 0 saturated heterocycles. The van der Waals surface area contributed by atoms with Crippen molar-refractivity contribution < 1.29 is 14.5 Å². The summed E-state index contributed by atoms with van der Waals surface area (Å²) in [5.41, 5.74) is 3.45. The number of nitrogens with zero attached hydrogens (tertiary/aromatic N) is 3. The van der Waals surface area contributed by atoms with E-state index in [1.54, 1.807) is 18.8 Å². The van der Waals surface area contributed by atoms with Gasteiger partial charge >= 0.3 is 5.69 Å². The summed E-state index contributed by atoms with van der Waals surface area (Å²) in [6.07, 6.45) is 1.71. The maximum absolute atomic E-state index is 13.4. The number of methoxy groups -OCH3 is 2. The van der Waals surface area contributed by atoms with Crippen LogP contribution in [-0.4, -0.2) is 28.4 Å². The van der Waals surface area contributed by atoms with Crippen LogP contribution in [0, 0.1) is 6.92 Å². The van der Waals surface area contributed by atoms with E-state index in [1.807, 2.05) is 43.3 Å². The van der Waals surface area contributed by atoms with E-state index in [1.165, 1.54) is 4.52 Å². The lowest BCUT2D eigenvalue weighted by molar-refractivity contribution is -0.358. The molecule has 0 spiro atoms. The lowest BCUT2D eigenvalue weighted by Gasteiger charge is -2.13. The topological polar surface area (TPSA) is 71.9 Å². The number of hydrogen-bond acceptors (Lipinski definition) is 4. The predicted molar refractivity (Wildman–Crippen MR) is 111 cm³/mol. The van der Waals surface area contributed by atoms with Gasteiger partial charge in [-0.05, 0) is 29.0 Å². The second-order valence-corrected chi connectivity index (χ2v) is 7.10. The summed E-state index contributed by atoms with van der Waals surface area (Å²) in [5.74, 6) is 1.97. The monoisotopic (exact) mass is 393 g/mol. The first-order valence-corrected chi connectivity index (χ1v) is 9.71. The lowest BCUT2D eigenvalue weighted by atomic mass is 10.1. The van der Waals surface area contributed by atoms with Gasteiger partial charge in [-0.1, -0.05) is 31.2 Å². The Morgan fingerprint density at radius 3 is 2.52 bits per heavy atom. The Balaban J connectivity index is 2.07. The zero-order chi connectivity index (χ0) is 20.5. The van der Waals surface area contributed by atoms with E-state index in [9.17, 15) is 4.79 Å². The minimum absolute atomic E-state index is 0.193. The van der Waals surface area contributed by atoms with E-state index in [2.05, 4.69) is 17.0 Å². The van der Waals surface area contributed by atoms with Crippen LogP contribution in [0.1, 0.15) is 30.3 Å². The number of H-pyrrole nitrogens is 1. The Morgan fingerprint density at radius 2 is 1.83 bits per heavy atom. The van der Waals surface area contributed by atoms with Crippen molar-refractivity contribution in [1.82, 2.24) is 14.2 Å². The molecule has 4 rings (SSSR count). The highest BCUT2D eigenvalue weighted by molar-refractivity contribution is 5.92. The van der Waals surface area contributed by atoms with Crippen molar-refractivity contribution in [2.75, 3.05) is 14.2 Å². The third kappa shape index (κ3) is 3.22. The molecule has 0 amide bonds. The molecule has 29 heavy (non-hydrogen) atoms. The minimum Gasteiger partial charge on any atom is -0.493 e. The first kappa shape index (κ1) is 19.0. The van der Waals surface area contributed by atoms with Crippen molar-refractivity contribution >= 4 is 16.6 Å². The molecule has 2 aromatic carbocycles. The summed E-state index contributed by atoms with van der Waals surface area (Å²) in [4.78, 5) is 16.7. The van der Waals surface area contributed by atoms with E-state index >= 15 is 0 Å². The van der Waals surface area contributed by atoms with Crippen LogP contribution >= 0.6 is 0 Å². The van der Waals surface area contributed by atoms with E-state index < -0.39 is 0 Å². The van der Waals surface area contributed by atoms with E-state index in [-0.39, 0.29) is 5.69 Å². The zero-order valence-electron chi connectivity index (χ0n) is 17.2. The number of aromatic nitrogens is 4. The number of aromatic amines is 1. The molecule has 0 atom stereocenters. The van der Waals surface area contributed by atoms with Crippen molar-refractivity contribution in [2.45, 2.75) is 33.2 Å². The number of rotatable bonds is 6. The van der Waals surface area contributed by atoms with Crippen LogP contribution in [0.15, 0.2) is 41.2 Å². The molecule has 0 unspecified atom stereocenters. The highest BCUT2D eigenvalue weighted by Crippen LogP contribution is 2.33. The van der Waals surface area contributed by atoms with Crippen molar-refractivity contribution in [1.29, 1.82) is 0 Å². The molecule has 1 N–H and O–H groups in total. The maximum atomic E-state index is 13.4. The van der Waals surface area contributed by atoms with E-state index in [0.29, 0.717) is 23.7 Å². The van der Waals surface area contributed by atoms with Gasteiger partial charge in [0.25, 0.3) is 11.5 Å². The number of ether oxygens (including phenoxy) is 2. The van der Waals surface area contributed by atoms with Crippen LogP contribution in [0.25, 0.3) is 16.6 Å². The van der Waals surface area contributed by atoms with Gasteiger partial charge in [0.05, 0.1) is 36.8 Å². The van der Waals surface area contributed by atoms with Crippen LogP contribution in [0.5, 0.6) is 11.5 Å². The molecular weight excluding hydrogens is 368 g/mol. The van der Waals surface area contributed by atoms with Gasteiger partial charge in [0.1, 0.15) is 0 Å². The molecule has 4 aromatic rings. The van der Waals surface area contributed by atoms with Crippen LogP contribution in [-0.2, 0) is 13.0 Å². The number of fused-ring (bicyclic) bond motifs is 3. The molecular formula is C22H25N4O3+. The summed E-state index contributed by atoms with van der Waals surface area (Å²) in [6, 6.07) is 11.8. The fraction of sp³-hybridized carbons (Fsp3) is 0.318. The number of nitrogens with one attached hydrogen (secondary N) is 1. The third-order valence-corrected chi connectivity index (χ3v) is 5.23. The first-order chi connectivity index (χ1) is 14.1. The summed E-state index contributed by atoms with van der Waals surface area (Å²) in [5, 5.41) is 5.38. The summed E-state index contributed by atoms with van der Waals surface area (Å²) in [7, 11) is 3.20. The van der Waals surface area contributed by atoms with Crippen LogP contribution in [0.2, 0.25) is 0 Å². The van der Waals surface area contributed by atoms with Crippen LogP contribution < -0.4 is 20.1 Å².